The molecule has 0 saturated carbocycles. The Morgan fingerprint density at radius 1 is 1.04 bits per heavy atom. The quantitative estimate of drug-likeness (QED) is 0.483. The zero-order valence-electron chi connectivity index (χ0n) is 15.8. The standard InChI is InChI=1S/C16H17N3.2C2H6.Pt/c1-12(2)13-6-4-7-14(10-13)19-11-18(3)15-8-5-9-17-16(15)19;2*1-2;/h4-9,11-12H,1-3H3;2*1-2H3;/q-2;;;+2. The normalized spacial score (nSPS) is 11.7. The summed E-state index contributed by atoms with van der Waals surface area (Å²) in [6.07, 6.45) is 1.82. The molecule has 1 aromatic carbocycles. The Morgan fingerprint density at radius 3 is 2.33 bits per heavy atom. The number of fused-ring (bicyclic) bond motifs is 1. The van der Waals surface area contributed by atoms with Crippen molar-refractivity contribution >= 4 is 17.2 Å². The van der Waals surface area contributed by atoms with Crippen LogP contribution in [-0.4, -0.2) is 12.0 Å². The van der Waals surface area contributed by atoms with E-state index in [-0.39, 0.29) is 21.1 Å². The van der Waals surface area contributed by atoms with Gasteiger partial charge in [-0.1, -0.05) is 41.5 Å². The van der Waals surface area contributed by atoms with Crippen LogP contribution in [0.2, 0.25) is 0 Å². The zero-order chi connectivity index (χ0) is 17.4. The van der Waals surface area contributed by atoms with Crippen molar-refractivity contribution < 1.29 is 21.1 Å². The number of rotatable bonds is 2. The molecule has 0 N–H and O–H groups in total. The molecule has 134 valence electrons. The van der Waals surface area contributed by atoms with Crippen LogP contribution >= 0.6 is 0 Å². The van der Waals surface area contributed by atoms with Gasteiger partial charge in [0.15, 0.2) is 0 Å². The predicted octanol–water partition coefficient (Wildman–Crippen LogP) is 5.76. The van der Waals surface area contributed by atoms with Crippen LogP contribution in [0, 0.1) is 12.7 Å². The van der Waals surface area contributed by atoms with Crippen LogP contribution in [0.4, 0.5) is 17.2 Å². The molecule has 0 radical (unpaired) electrons. The maximum Gasteiger partial charge on any atom is 2.00 e. The molecule has 1 aliphatic heterocycles. The number of anilines is 3. The van der Waals surface area contributed by atoms with Gasteiger partial charge in [-0.3, -0.25) is 0 Å². The third-order valence-corrected chi connectivity index (χ3v) is 3.35. The largest absolute Gasteiger partial charge is 2.00 e. The molecule has 0 spiro atoms. The third-order valence-electron chi connectivity index (χ3n) is 3.35. The van der Waals surface area contributed by atoms with E-state index in [4.69, 9.17) is 0 Å². The molecule has 2 heterocycles. The Bertz CT molecular complexity index is 599. The fourth-order valence-corrected chi connectivity index (χ4v) is 2.27. The average Bonchev–Trinajstić information content (AvgIpc) is 2.96. The molecule has 3 nitrogen and oxygen atoms in total. The molecule has 1 aliphatic rings. The molecule has 0 aliphatic carbocycles. The average molecular weight is 507 g/mol. The Morgan fingerprint density at radius 2 is 1.71 bits per heavy atom. The topological polar surface area (TPSA) is 19.4 Å². The molecule has 1 aromatic heterocycles. The van der Waals surface area contributed by atoms with Crippen LogP contribution in [0.25, 0.3) is 0 Å². The summed E-state index contributed by atoms with van der Waals surface area (Å²) in [5.74, 6) is 1.44. The number of benzene rings is 1. The summed E-state index contributed by atoms with van der Waals surface area (Å²) >= 11 is 0. The minimum atomic E-state index is 0. The van der Waals surface area contributed by atoms with Gasteiger partial charge < -0.3 is 9.80 Å². The van der Waals surface area contributed by atoms with Crippen LogP contribution in [0.3, 0.4) is 0 Å². The summed E-state index contributed by atoms with van der Waals surface area (Å²) in [5.41, 5.74) is 3.37. The number of aromatic nitrogens is 1. The first-order valence-corrected chi connectivity index (χ1v) is 8.51. The van der Waals surface area contributed by atoms with Crippen LogP contribution < -0.4 is 9.80 Å². The molecular weight excluding hydrogens is 477 g/mol. The second-order valence-electron chi connectivity index (χ2n) is 5.09. The molecule has 0 bridgehead atoms. The Hall–Kier alpha value is -1.34. The van der Waals surface area contributed by atoms with Gasteiger partial charge in [-0.05, 0) is 25.1 Å². The van der Waals surface area contributed by atoms with Gasteiger partial charge in [-0.25, -0.2) is 4.98 Å². The molecule has 24 heavy (non-hydrogen) atoms. The fraction of sp³-hybridized carbons (Fsp3) is 0.400. The van der Waals surface area contributed by atoms with Crippen molar-refractivity contribution in [1.29, 1.82) is 0 Å². The molecule has 3 rings (SSSR count). The van der Waals surface area contributed by atoms with Crippen molar-refractivity contribution in [2.24, 2.45) is 0 Å². The monoisotopic (exact) mass is 506 g/mol. The van der Waals surface area contributed by atoms with Crippen molar-refractivity contribution in [3.63, 3.8) is 0 Å². The van der Waals surface area contributed by atoms with E-state index in [1.807, 2.05) is 53.7 Å². The van der Waals surface area contributed by atoms with Crippen LogP contribution in [-0.2, 0) is 21.1 Å². The number of hydrogen-bond acceptors (Lipinski definition) is 3. The zero-order valence-corrected chi connectivity index (χ0v) is 18.0. The maximum absolute atomic E-state index is 4.48. The first-order chi connectivity index (χ1) is 11.2. The predicted molar refractivity (Wildman–Crippen MR) is 101 cm³/mol. The maximum atomic E-state index is 4.48. The second-order valence-corrected chi connectivity index (χ2v) is 5.09. The minimum absolute atomic E-state index is 0. The van der Waals surface area contributed by atoms with Gasteiger partial charge in [0.25, 0.3) is 0 Å². The first-order valence-electron chi connectivity index (χ1n) is 8.51. The summed E-state index contributed by atoms with van der Waals surface area (Å²) in [4.78, 5) is 8.64. The molecule has 4 heteroatoms. The Labute approximate surface area is 162 Å². The Kier molecular flexibility index (Phi) is 10.6. The summed E-state index contributed by atoms with van der Waals surface area (Å²) < 4.78 is 0. The van der Waals surface area contributed by atoms with Gasteiger partial charge in [0.1, 0.15) is 5.82 Å². The summed E-state index contributed by atoms with van der Waals surface area (Å²) in [6.45, 7) is 14.4. The summed E-state index contributed by atoms with van der Waals surface area (Å²) in [7, 11) is 2.03. The minimum Gasteiger partial charge on any atom is -0.502 e. The molecule has 0 fully saturated rings. The van der Waals surface area contributed by atoms with Crippen LogP contribution in [0.15, 0.2) is 36.5 Å². The third kappa shape index (κ3) is 5.08. The summed E-state index contributed by atoms with van der Waals surface area (Å²) in [6, 6.07) is 13.8. The van der Waals surface area contributed by atoms with E-state index < -0.39 is 0 Å². The van der Waals surface area contributed by atoms with Crippen molar-refractivity contribution in [2.75, 3.05) is 16.8 Å². The number of hydrogen-bond donors (Lipinski definition) is 0. The van der Waals surface area contributed by atoms with E-state index in [0.29, 0.717) is 5.92 Å². The van der Waals surface area contributed by atoms with Gasteiger partial charge in [-0.2, -0.15) is 36.5 Å². The van der Waals surface area contributed by atoms with Crippen molar-refractivity contribution in [3.8, 4) is 0 Å². The number of pyridine rings is 1. The van der Waals surface area contributed by atoms with Gasteiger partial charge in [0.05, 0.1) is 0 Å². The number of nitrogens with zero attached hydrogens (tertiary/aromatic N) is 3. The smallest absolute Gasteiger partial charge is 0.502 e. The fourth-order valence-electron chi connectivity index (χ4n) is 2.27. The van der Waals surface area contributed by atoms with Crippen molar-refractivity contribution in [1.82, 2.24) is 4.98 Å². The van der Waals surface area contributed by atoms with Gasteiger partial charge >= 0.3 is 21.1 Å². The SMILES string of the molecule is CC.CC.CC(C)c1[c-]c(N2[CH-]N(C)c3cccnc32)ccc1.[Pt+2]. The van der Waals surface area contributed by atoms with E-state index in [0.717, 1.165) is 17.2 Å². The van der Waals surface area contributed by atoms with E-state index >= 15 is 0 Å². The molecule has 0 atom stereocenters. The van der Waals surface area contributed by atoms with Crippen molar-refractivity contribution in [2.45, 2.75) is 47.5 Å². The van der Waals surface area contributed by atoms with Gasteiger partial charge in [-0.15, -0.1) is 5.69 Å². The molecule has 0 amide bonds. The second kappa shape index (κ2) is 11.3. The first kappa shape index (κ1) is 22.7. The van der Waals surface area contributed by atoms with Crippen LogP contribution in [0.5, 0.6) is 0 Å². The van der Waals surface area contributed by atoms with E-state index in [9.17, 15) is 0 Å². The van der Waals surface area contributed by atoms with Crippen LogP contribution in [0.1, 0.15) is 53.0 Å². The molecular formula is C20H29N3Pt. The molecule has 0 saturated heterocycles. The molecule has 0 unspecified atom stereocenters. The van der Waals surface area contributed by atoms with Gasteiger partial charge in [0, 0.05) is 11.9 Å². The van der Waals surface area contributed by atoms with Gasteiger partial charge in [0.2, 0.25) is 0 Å². The Balaban J connectivity index is 0.000000987. The molecule has 2 aromatic rings. The van der Waals surface area contributed by atoms with E-state index in [2.05, 4.69) is 59.0 Å². The van der Waals surface area contributed by atoms with E-state index in [1.54, 1.807) is 0 Å². The van der Waals surface area contributed by atoms with E-state index in [1.165, 1.54) is 5.56 Å². The summed E-state index contributed by atoms with van der Waals surface area (Å²) in [5, 5.41) is 0. The van der Waals surface area contributed by atoms with Crippen molar-refractivity contribution in [3.05, 3.63) is 54.8 Å².